The summed E-state index contributed by atoms with van der Waals surface area (Å²) >= 11 is 0. The summed E-state index contributed by atoms with van der Waals surface area (Å²) in [7, 11) is 0. The Balaban J connectivity index is 1.91. The number of carbonyl (C=O) groups is 2. The van der Waals surface area contributed by atoms with E-state index in [0.29, 0.717) is 22.6 Å². The molecule has 164 valence electrons. The molecule has 0 saturated heterocycles. The third-order valence-electron chi connectivity index (χ3n) is 4.27. The van der Waals surface area contributed by atoms with Crippen LogP contribution in [-0.4, -0.2) is 22.3 Å². The average molecular weight is 433 g/mol. The van der Waals surface area contributed by atoms with Crippen LogP contribution in [0.5, 0.6) is 0 Å². The molecule has 0 spiro atoms. The van der Waals surface area contributed by atoms with Gasteiger partial charge in [-0.15, -0.1) is 0 Å². The van der Waals surface area contributed by atoms with E-state index in [4.69, 9.17) is 4.42 Å². The van der Waals surface area contributed by atoms with Crippen molar-refractivity contribution in [3.63, 3.8) is 0 Å². The zero-order valence-electron chi connectivity index (χ0n) is 17.9. The van der Waals surface area contributed by atoms with Gasteiger partial charge in [0.2, 0.25) is 0 Å². The summed E-state index contributed by atoms with van der Waals surface area (Å²) in [6.45, 7) is 5.48. The molecule has 0 saturated carbocycles. The summed E-state index contributed by atoms with van der Waals surface area (Å²) in [5, 5.41) is 16.5. The van der Waals surface area contributed by atoms with Crippen molar-refractivity contribution in [1.29, 1.82) is 0 Å². The van der Waals surface area contributed by atoms with E-state index in [2.05, 4.69) is 10.6 Å². The summed E-state index contributed by atoms with van der Waals surface area (Å²) in [6, 6.07) is 17.8. The number of rotatable bonds is 6. The van der Waals surface area contributed by atoms with Crippen LogP contribution in [-0.2, 0) is 4.79 Å². The lowest BCUT2D eigenvalue weighted by Gasteiger charge is -2.21. The first-order chi connectivity index (χ1) is 15.1. The van der Waals surface area contributed by atoms with Gasteiger partial charge in [-0.3, -0.25) is 19.7 Å². The molecule has 0 aliphatic heterocycles. The standard InChI is InChI=1S/C24H23N3O5/c1-24(2,3)26-23(29)20(25-22(28)16-8-5-4-6-9-16)15-19-12-13-21(32-19)17-10-7-11-18(14-17)27(30)31/h4-15H,1-3H3,(H,25,28)(H,26,29). The van der Waals surface area contributed by atoms with E-state index in [0.717, 1.165) is 0 Å². The van der Waals surface area contributed by atoms with E-state index in [1.165, 1.54) is 18.2 Å². The van der Waals surface area contributed by atoms with Crippen molar-refractivity contribution in [2.45, 2.75) is 26.3 Å². The Bertz CT molecular complexity index is 1170. The number of nitrogens with one attached hydrogen (secondary N) is 2. The van der Waals surface area contributed by atoms with Gasteiger partial charge in [0.15, 0.2) is 0 Å². The maximum absolute atomic E-state index is 12.8. The molecule has 1 heterocycles. The van der Waals surface area contributed by atoms with Crippen molar-refractivity contribution in [2.75, 3.05) is 0 Å². The van der Waals surface area contributed by atoms with Crippen LogP contribution in [0, 0.1) is 10.1 Å². The van der Waals surface area contributed by atoms with Crippen molar-refractivity contribution in [3.05, 3.63) is 93.9 Å². The van der Waals surface area contributed by atoms with Gasteiger partial charge in [0.05, 0.1) is 4.92 Å². The highest BCUT2D eigenvalue weighted by atomic mass is 16.6. The number of hydrogen-bond donors (Lipinski definition) is 2. The molecule has 32 heavy (non-hydrogen) atoms. The minimum Gasteiger partial charge on any atom is -0.457 e. The molecule has 0 atom stereocenters. The molecular formula is C24H23N3O5. The zero-order valence-corrected chi connectivity index (χ0v) is 17.9. The number of nitro groups is 1. The monoisotopic (exact) mass is 433 g/mol. The minimum absolute atomic E-state index is 0.00807. The van der Waals surface area contributed by atoms with Gasteiger partial charge in [0, 0.05) is 34.9 Å². The van der Waals surface area contributed by atoms with Crippen LogP contribution in [0.2, 0.25) is 0 Å². The molecule has 0 fully saturated rings. The lowest BCUT2D eigenvalue weighted by atomic mass is 10.1. The molecule has 3 aromatic rings. The van der Waals surface area contributed by atoms with Crippen LogP contribution >= 0.6 is 0 Å². The Hall–Kier alpha value is -4.20. The topological polar surface area (TPSA) is 114 Å². The van der Waals surface area contributed by atoms with Crippen LogP contribution < -0.4 is 10.6 Å². The largest absolute Gasteiger partial charge is 0.457 e. The van der Waals surface area contributed by atoms with E-state index >= 15 is 0 Å². The van der Waals surface area contributed by atoms with Gasteiger partial charge in [-0.2, -0.15) is 0 Å². The SMILES string of the molecule is CC(C)(C)NC(=O)C(=Cc1ccc(-c2cccc([N+](=O)[O-])c2)o1)NC(=O)c1ccccc1. The van der Waals surface area contributed by atoms with E-state index < -0.39 is 22.3 Å². The summed E-state index contributed by atoms with van der Waals surface area (Å²) in [6.07, 6.45) is 1.42. The Morgan fingerprint density at radius 3 is 2.38 bits per heavy atom. The van der Waals surface area contributed by atoms with E-state index in [1.807, 2.05) is 20.8 Å². The molecule has 1 aromatic heterocycles. The highest BCUT2D eigenvalue weighted by Gasteiger charge is 2.20. The summed E-state index contributed by atoms with van der Waals surface area (Å²) in [5.74, 6) is -0.217. The van der Waals surface area contributed by atoms with Gasteiger partial charge >= 0.3 is 0 Å². The third-order valence-corrected chi connectivity index (χ3v) is 4.27. The highest BCUT2D eigenvalue weighted by Crippen LogP contribution is 2.26. The van der Waals surface area contributed by atoms with Crippen molar-refractivity contribution in [2.24, 2.45) is 0 Å². The molecule has 0 radical (unpaired) electrons. The summed E-state index contributed by atoms with van der Waals surface area (Å²) in [5.41, 5.74) is 0.349. The van der Waals surface area contributed by atoms with Gasteiger partial charge < -0.3 is 15.1 Å². The maximum Gasteiger partial charge on any atom is 0.270 e. The van der Waals surface area contributed by atoms with Crippen molar-refractivity contribution >= 4 is 23.6 Å². The van der Waals surface area contributed by atoms with Crippen LogP contribution in [0.4, 0.5) is 5.69 Å². The lowest BCUT2D eigenvalue weighted by Crippen LogP contribution is -2.44. The molecule has 8 heteroatoms. The quantitative estimate of drug-likeness (QED) is 0.336. The van der Waals surface area contributed by atoms with Gasteiger partial charge in [-0.1, -0.05) is 30.3 Å². The second kappa shape index (κ2) is 9.30. The summed E-state index contributed by atoms with van der Waals surface area (Å²) < 4.78 is 5.77. The van der Waals surface area contributed by atoms with Crippen molar-refractivity contribution in [1.82, 2.24) is 10.6 Å². The lowest BCUT2D eigenvalue weighted by molar-refractivity contribution is -0.384. The van der Waals surface area contributed by atoms with Gasteiger partial charge in [0.25, 0.3) is 17.5 Å². The van der Waals surface area contributed by atoms with Crippen molar-refractivity contribution in [3.8, 4) is 11.3 Å². The van der Waals surface area contributed by atoms with Crippen molar-refractivity contribution < 1.29 is 18.9 Å². The molecule has 0 unspecified atom stereocenters. The predicted molar refractivity (Wildman–Crippen MR) is 121 cm³/mol. The number of amides is 2. The normalized spacial score (nSPS) is 11.7. The van der Waals surface area contributed by atoms with Gasteiger partial charge in [0.1, 0.15) is 17.2 Å². The third kappa shape index (κ3) is 5.91. The molecule has 2 amide bonds. The zero-order chi connectivity index (χ0) is 23.3. The Morgan fingerprint density at radius 1 is 1.00 bits per heavy atom. The number of hydrogen-bond acceptors (Lipinski definition) is 5. The smallest absolute Gasteiger partial charge is 0.270 e. The second-order valence-electron chi connectivity index (χ2n) is 8.09. The number of nitrogens with zero attached hydrogens (tertiary/aromatic N) is 1. The average Bonchev–Trinajstić information content (AvgIpc) is 3.21. The first-order valence-corrected chi connectivity index (χ1v) is 9.88. The van der Waals surface area contributed by atoms with Crippen LogP contribution in [0.25, 0.3) is 17.4 Å². The number of benzene rings is 2. The summed E-state index contributed by atoms with van der Waals surface area (Å²) in [4.78, 5) is 36.0. The van der Waals surface area contributed by atoms with E-state index in [9.17, 15) is 19.7 Å². The molecule has 0 aliphatic carbocycles. The minimum atomic E-state index is -0.523. The number of non-ortho nitro benzene ring substituents is 1. The van der Waals surface area contributed by atoms with Crippen LogP contribution in [0.3, 0.4) is 0 Å². The molecule has 8 nitrogen and oxygen atoms in total. The first-order valence-electron chi connectivity index (χ1n) is 9.88. The Kier molecular flexibility index (Phi) is 6.53. The predicted octanol–water partition coefficient (Wildman–Crippen LogP) is 4.54. The maximum atomic E-state index is 12.8. The van der Waals surface area contributed by atoms with Crippen LogP contribution in [0.15, 0.2) is 76.8 Å². The first kappa shape index (κ1) is 22.5. The number of furan rings is 1. The molecular weight excluding hydrogens is 410 g/mol. The molecule has 0 aliphatic rings. The Labute approximate surface area is 185 Å². The fourth-order valence-electron chi connectivity index (χ4n) is 2.85. The van der Waals surface area contributed by atoms with E-state index in [-0.39, 0.29) is 11.4 Å². The molecule has 2 aromatic carbocycles. The molecule has 0 bridgehead atoms. The molecule has 2 N–H and O–H groups in total. The molecule has 3 rings (SSSR count). The van der Waals surface area contributed by atoms with E-state index in [1.54, 1.807) is 54.6 Å². The Morgan fingerprint density at radius 2 is 1.72 bits per heavy atom. The fraction of sp³-hybridized carbons (Fsp3) is 0.167. The van der Waals surface area contributed by atoms with Gasteiger partial charge in [-0.25, -0.2) is 0 Å². The highest BCUT2D eigenvalue weighted by molar-refractivity contribution is 6.05. The number of nitro benzene ring substituents is 1. The number of carbonyl (C=O) groups excluding carboxylic acids is 2. The van der Waals surface area contributed by atoms with Crippen LogP contribution in [0.1, 0.15) is 36.9 Å². The fourth-order valence-corrected chi connectivity index (χ4v) is 2.85. The van der Waals surface area contributed by atoms with Gasteiger partial charge in [-0.05, 0) is 45.0 Å². The second-order valence-corrected chi connectivity index (χ2v) is 8.09.